The Morgan fingerprint density at radius 1 is 1.35 bits per heavy atom. The van der Waals surface area contributed by atoms with E-state index in [-0.39, 0.29) is 0 Å². The smallest absolute Gasteiger partial charge is 0.108 e. The van der Waals surface area contributed by atoms with Gasteiger partial charge in [0.05, 0.1) is 11.0 Å². The van der Waals surface area contributed by atoms with Gasteiger partial charge >= 0.3 is 0 Å². The molecule has 0 saturated heterocycles. The van der Waals surface area contributed by atoms with Crippen LogP contribution in [0.4, 0.5) is 5.69 Å². The first-order valence-corrected chi connectivity index (χ1v) is 7.74. The van der Waals surface area contributed by atoms with Gasteiger partial charge in [0.2, 0.25) is 0 Å². The highest BCUT2D eigenvalue weighted by atomic mass is 15.2. The second kappa shape index (κ2) is 5.83. The first kappa shape index (κ1) is 13.4. The van der Waals surface area contributed by atoms with E-state index in [1.54, 1.807) is 0 Å². The van der Waals surface area contributed by atoms with E-state index in [1.165, 1.54) is 32.2 Å². The monoisotopic (exact) mass is 272 g/mol. The normalized spacial score (nSPS) is 15.3. The Morgan fingerprint density at radius 2 is 2.20 bits per heavy atom. The van der Waals surface area contributed by atoms with E-state index in [2.05, 4.69) is 21.8 Å². The number of nitrogens with one attached hydrogen (secondary N) is 1. The van der Waals surface area contributed by atoms with Crippen molar-refractivity contribution in [2.24, 2.45) is 0 Å². The maximum atomic E-state index is 5.80. The van der Waals surface area contributed by atoms with E-state index in [9.17, 15) is 0 Å². The quantitative estimate of drug-likeness (QED) is 0.762. The number of benzene rings is 1. The Balaban J connectivity index is 1.63. The van der Waals surface area contributed by atoms with Gasteiger partial charge < -0.3 is 10.7 Å². The number of hydrogen-bond acceptors (Lipinski definition) is 3. The fourth-order valence-corrected chi connectivity index (χ4v) is 2.73. The average Bonchev–Trinajstić information content (AvgIpc) is 3.19. The largest absolute Gasteiger partial charge is 0.399 e. The molecule has 1 heterocycles. The molecule has 4 heteroatoms. The van der Waals surface area contributed by atoms with E-state index in [4.69, 9.17) is 5.73 Å². The number of nitrogens with zero attached hydrogens (tertiary/aromatic N) is 2. The Hall–Kier alpha value is -1.55. The summed E-state index contributed by atoms with van der Waals surface area (Å²) in [6.45, 7) is 4.60. The molecule has 0 atom stereocenters. The molecule has 1 aromatic carbocycles. The van der Waals surface area contributed by atoms with Gasteiger partial charge in [-0.1, -0.05) is 13.3 Å². The summed E-state index contributed by atoms with van der Waals surface area (Å²) < 4.78 is 0. The molecule has 4 nitrogen and oxygen atoms in total. The predicted molar refractivity (Wildman–Crippen MR) is 83.7 cm³/mol. The van der Waals surface area contributed by atoms with Crippen molar-refractivity contribution in [1.29, 1.82) is 0 Å². The molecular weight excluding hydrogens is 248 g/mol. The maximum Gasteiger partial charge on any atom is 0.108 e. The summed E-state index contributed by atoms with van der Waals surface area (Å²) in [5, 5.41) is 0. The van der Waals surface area contributed by atoms with Crippen LogP contribution in [0.2, 0.25) is 0 Å². The first-order valence-electron chi connectivity index (χ1n) is 7.74. The second-order valence-electron chi connectivity index (χ2n) is 5.83. The number of aromatic nitrogens is 2. The van der Waals surface area contributed by atoms with Gasteiger partial charge in [-0.15, -0.1) is 0 Å². The summed E-state index contributed by atoms with van der Waals surface area (Å²) in [4.78, 5) is 10.7. The zero-order chi connectivity index (χ0) is 13.9. The first-order chi connectivity index (χ1) is 9.76. The van der Waals surface area contributed by atoms with Crippen LogP contribution < -0.4 is 5.73 Å². The molecule has 108 valence electrons. The molecule has 0 radical (unpaired) electrons. The minimum atomic E-state index is 0.787. The van der Waals surface area contributed by atoms with Crippen LogP contribution in [0.1, 0.15) is 38.4 Å². The minimum absolute atomic E-state index is 0.787. The van der Waals surface area contributed by atoms with Crippen molar-refractivity contribution in [2.75, 3.05) is 18.8 Å². The van der Waals surface area contributed by atoms with Crippen LogP contribution in [-0.4, -0.2) is 34.0 Å². The highest BCUT2D eigenvalue weighted by molar-refractivity contribution is 5.78. The lowest BCUT2D eigenvalue weighted by Gasteiger charge is -2.20. The number of H-pyrrole nitrogens is 1. The lowest BCUT2D eigenvalue weighted by Crippen LogP contribution is -2.29. The maximum absolute atomic E-state index is 5.80. The van der Waals surface area contributed by atoms with Crippen molar-refractivity contribution >= 4 is 16.7 Å². The van der Waals surface area contributed by atoms with Crippen LogP contribution in [0.3, 0.4) is 0 Å². The lowest BCUT2D eigenvalue weighted by atomic mass is 10.3. The van der Waals surface area contributed by atoms with Crippen LogP contribution >= 0.6 is 0 Å². The molecule has 2 aromatic rings. The molecule has 0 bridgehead atoms. The van der Waals surface area contributed by atoms with Crippen LogP contribution in [0, 0.1) is 0 Å². The van der Waals surface area contributed by atoms with Gasteiger partial charge in [0.25, 0.3) is 0 Å². The Bertz CT molecular complexity index is 571. The van der Waals surface area contributed by atoms with Gasteiger partial charge in [-0.05, 0) is 44.0 Å². The van der Waals surface area contributed by atoms with Crippen molar-refractivity contribution in [3.8, 4) is 0 Å². The Kier molecular flexibility index (Phi) is 3.92. The van der Waals surface area contributed by atoms with Gasteiger partial charge in [0.15, 0.2) is 0 Å². The van der Waals surface area contributed by atoms with E-state index in [1.807, 2.05) is 18.2 Å². The molecule has 1 aromatic heterocycles. The second-order valence-corrected chi connectivity index (χ2v) is 5.83. The van der Waals surface area contributed by atoms with Gasteiger partial charge in [-0.2, -0.15) is 0 Å². The van der Waals surface area contributed by atoms with Gasteiger partial charge in [-0.3, -0.25) is 4.90 Å². The number of unbranched alkanes of at least 4 members (excludes halogenated alkanes) is 1. The van der Waals surface area contributed by atoms with E-state index < -0.39 is 0 Å². The van der Waals surface area contributed by atoms with Crippen molar-refractivity contribution in [3.05, 3.63) is 24.0 Å². The number of hydrogen-bond donors (Lipinski definition) is 2. The van der Waals surface area contributed by atoms with E-state index in [0.29, 0.717) is 0 Å². The van der Waals surface area contributed by atoms with Crippen molar-refractivity contribution in [1.82, 2.24) is 14.9 Å². The molecular formula is C16H24N4. The summed E-state index contributed by atoms with van der Waals surface area (Å²) in [7, 11) is 0. The fourth-order valence-electron chi connectivity index (χ4n) is 2.73. The minimum Gasteiger partial charge on any atom is -0.399 e. The molecule has 1 saturated carbocycles. The fraction of sp³-hybridized carbons (Fsp3) is 0.562. The highest BCUT2D eigenvalue weighted by Crippen LogP contribution is 2.27. The molecule has 1 aliphatic carbocycles. The predicted octanol–water partition coefficient (Wildman–Crippen LogP) is 2.95. The zero-order valence-electron chi connectivity index (χ0n) is 12.2. The molecule has 20 heavy (non-hydrogen) atoms. The summed E-state index contributed by atoms with van der Waals surface area (Å²) in [5.74, 6) is 1.08. The molecule has 0 unspecified atom stereocenters. The van der Waals surface area contributed by atoms with Crippen molar-refractivity contribution < 1.29 is 0 Å². The number of rotatable bonds is 7. The number of nitrogens with two attached hydrogens (primary N) is 1. The van der Waals surface area contributed by atoms with Crippen LogP contribution in [0.15, 0.2) is 18.2 Å². The van der Waals surface area contributed by atoms with Crippen molar-refractivity contribution in [2.45, 2.75) is 45.1 Å². The van der Waals surface area contributed by atoms with Gasteiger partial charge in [0, 0.05) is 24.7 Å². The third-order valence-electron chi connectivity index (χ3n) is 4.05. The number of anilines is 1. The van der Waals surface area contributed by atoms with Crippen molar-refractivity contribution in [3.63, 3.8) is 0 Å². The topological polar surface area (TPSA) is 57.9 Å². The van der Waals surface area contributed by atoms with Crippen LogP contribution in [-0.2, 0) is 6.42 Å². The summed E-state index contributed by atoms with van der Waals surface area (Å²) in [6, 6.07) is 6.69. The molecule has 1 aliphatic rings. The highest BCUT2D eigenvalue weighted by Gasteiger charge is 2.28. The number of fused-ring (bicyclic) bond motifs is 1. The molecule has 3 N–H and O–H groups in total. The number of imidazole rings is 1. The van der Waals surface area contributed by atoms with Gasteiger partial charge in [0.1, 0.15) is 5.82 Å². The number of aromatic amines is 1. The standard InChI is InChI=1S/C16H24N4/c1-2-3-9-20(13-5-6-13)10-8-16-18-14-7-4-12(17)11-15(14)19-16/h4,7,11,13H,2-3,5-6,8-10,17H2,1H3,(H,18,19). The van der Waals surface area contributed by atoms with Gasteiger partial charge in [-0.25, -0.2) is 4.98 Å². The summed E-state index contributed by atoms with van der Waals surface area (Å²) in [6.07, 6.45) is 6.32. The third-order valence-corrected chi connectivity index (χ3v) is 4.05. The summed E-state index contributed by atoms with van der Waals surface area (Å²) >= 11 is 0. The van der Waals surface area contributed by atoms with E-state index in [0.717, 1.165) is 41.6 Å². The zero-order valence-corrected chi connectivity index (χ0v) is 12.2. The lowest BCUT2D eigenvalue weighted by molar-refractivity contribution is 0.261. The molecule has 1 fully saturated rings. The molecule has 0 aliphatic heterocycles. The molecule has 0 spiro atoms. The number of nitrogen functional groups attached to an aromatic ring is 1. The molecule has 3 rings (SSSR count). The summed E-state index contributed by atoms with van der Waals surface area (Å²) in [5.41, 5.74) is 8.65. The third kappa shape index (κ3) is 3.12. The molecule has 0 amide bonds. The average molecular weight is 272 g/mol. The SMILES string of the molecule is CCCCN(CCc1nc2ccc(N)cc2[nH]1)C1CC1. The Morgan fingerprint density at radius 3 is 2.95 bits per heavy atom. The Labute approximate surface area is 120 Å². The van der Waals surface area contributed by atoms with Crippen LogP contribution in [0.25, 0.3) is 11.0 Å². The van der Waals surface area contributed by atoms with E-state index >= 15 is 0 Å². The van der Waals surface area contributed by atoms with Crippen LogP contribution in [0.5, 0.6) is 0 Å².